The van der Waals surface area contributed by atoms with Gasteiger partial charge in [-0.05, 0) is 49.0 Å². The summed E-state index contributed by atoms with van der Waals surface area (Å²) in [6.45, 7) is 1.72. The van der Waals surface area contributed by atoms with Crippen LogP contribution in [0.1, 0.15) is 22.6 Å². The van der Waals surface area contributed by atoms with E-state index >= 15 is 0 Å². The summed E-state index contributed by atoms with van der Waals surface area (Å²) in [6, 6.07) is 12.8. The zero-order chi connectivity index (χ0) is 18.1. The van der Waals surface area contributed by atoms with E-state index in [9.17, 15) is 8.78 Å². The first-order valence-electron chi connectivity index (χ1n) is 8.66. The van der Waals surface area contributed by atoms with Gasteiger partial charge in [-0.1, -0.05) is 12.1 Å². The van der Waals surface area contributed by atoms with E-state index in [1.807, 2.05) is 0 Å². The molecule has 2 heterocycles. The van der Waals surface area contributed by atoms with Crippen molar-refractivity contribution in [1.29, 1.82) is 0 Å². The Morgan fingerprint density at radius 2 is 1.58 bits per heavy atom. The highest BCUT2D eigenvalue weighted by Crippen LogP contribution is 2.28. The Kier molecular flexibility index (Phi) is 4.47. The van der Waals surface area contributed by atoms with Gasteiger partial charge >= 0.3 is 0 Å². The second-order valence-electron chi connectivity index (χ2n) is 6.71. The number of rotatable bonds is 3. The van der Waals surface area contributed by atoms with Crippen molar-refractivity contribution in [2.45, 2.75) is 19.4 Å². The second-order valence-corrected chi connectivity index (χ2v) is 6.71. The fraction of sp³-hybridized carbons (Fsp3) is 0.238. The molecule has 1 aliphatic rings. The highest BCUT2D eigenvalue weighted by atomic mass is 19.1. The molecule has 0 saturated carbocycles. The van der Waals surface area contributed by atoms with Crippen LogP contribution in [0.4, 0.5) is 8.78 Å². The molecule has 1 aliphatic heterocycles. The van der Waals surface area contributed by atoms with Gasteiger partial charge in [-0.15, -0.1) is 0 Å². The number of likely N-dealkylation sites (N-methyl/N-ethyl adjacent to an activating group) is 1. The van der Waals surface area contributed by atoms with Crippen LogP contribution in [0.25, 0.3) is 11.3 Å². The standard InChI is InChI=1S/C21H19F2N3/c1-26-11-10-19-18(13-26)21(15-4-8-17(23)9-5-15)25-20(24-19)12-14-2-6-16(22)7-3-14/h2-9H,10-13H2,1H3. The van der Waals surface area contributed by atoms with Crippen LogP contribution in [0, 0.1) is 11.6 Å². The van der Waals surface area contributed by atoms with Gasteiger partial charge in [0.2, 0.25) is 0 Å². The number of fused-ring (bicyclic) bond motifs is 1. The summed E-state index contributed by atoms with van der Waals surface area (Å²) in [5, 5.41) is 0. The number of aromatic nitrogens is 2. The fourth-order valence-corrected chi connectivity index (χ4v) is 3.31. The average Bonchev–Trinajstić information content (AvgIpc) is 2.64. The molecule has 2 aromatic carbocycles. The maximum Gasteiger partial charge on any atom is 0.133 e. The van der Waals surface area contributed by atoms with Crippen molar-refractivity contribution >= 4 is 0 Å². The molecule has 132 valence electrons. The predicted octanol–water partition coefficient (Wildman–Crippen LogP) is 4.00. The lowest BCUT2D eigenvalue weighted by atomic mass is 9.99. The Balaban J connectivity index is 1.77. The molecule has 1 aromatic heterocycles. The van der Waals surface area contributed by atoms with Crippen LogP contribution in [0.3, 0.4) is 0 Å². The lowest BCUT2D eigenvalue weighted by molar-refractivity contribution is 0.309. The van der Waals surface area contributed by atoms with Crippen LogP contribution >= 0.6 is 0 Å². The van der Waals surface area contributed by atoms with Gasteiger partial charge in [-0.2, -0.15) is 0 Å². The van der Waals surface area contributed by atoms with E-state index in [1.54, 1.807) is 24.3 Å². The Hall–Kier alpha value is -2.66. The lowest BCUT2D eigenvalue weighted by Crippen LogP contribution is -2.28. The zero-order valence-electron chi connectivity index (χ0n) is 14.5. The number of halogens is 2. The Labute approximate surface area is 151 Å². The monoisotopic (exact) mass is 351 g/mol. The van der Waals surface area contributed by atoms with Crippen LogP contribution in [0.5, 0.6) is 0 Å². The van der Waals surface area contributed by atoms with Gasteiger partial charge in [0.1, 0.15) is 17.5 Å². The molecule has 4 rings (SSSR count). The number of benzene rings is 2. The van der Waals surface area contributed by atoms with Crippen molar-refractivity contribution in [3.05, 3.63) is 82.8 Å². The van der Waals surface area contributed by atoms with E-state index < -0.39 is 0 Å². The third-order valence-electron chi connectivity index (χ3n) is 4.69. The molecule has 0 radical (unpaired) electrons. The molecular formula is C21H19F2N3. The molecule has 5 heteroatoms. The first-order chi connectivity index (χ1) is 12.6. The van der Waals surface area contributed by atoms with Crippen molar-refractivity contribution in [3.8, 4) is 11.3 Å². The molecule has 0 amide bonds. The minimum Gasteiger partial charge on any atom is -0.302 e. The fourth-order valence-electron chi connectivity index (χ4n) is 3.31. The van der Waals surface area contributed by atoms with Crippen molar-refractivity contribution < 1.29 is 8.78 Å². The normalized spacial score (nSPS) is 14.3. The van der Waals surface area contributed by atoms with E-state index in [0.717, 1.165) is 47.6 Å². The quantitative estimate of drug-likeness (QED) is 0.714. The van der Waals surface area contributed by atoms with E-state index in [4.69, 9.17) is 9.97 Å². The number of nitrogens with zero attached hydrogens (tertiary/aromatic N) is 3. The van der Waals surface area contributed by atoms with Crippen LogP contribution < -0.4 is 0 Å². The molecule has 0 atom stereocenters. The van der Waals surface area contributed by atoms with E-state index in [0.29, 0.717) is 12.2 Å². The molecular weight excluding hydrogens is 332 g/mol. The molecule has 0 unspecified atom stereocenters. The van der Waals surface area contributed by atoms with Gasteiger partial charge in [0.25, 0.3) is 0 Å². The average molecular weight is 351 g/mol. The lowest BCUT2D eigenvalue weighted by Gasteiger charge is -2.26. The topological polar surface area (TPSA) is 29.0 Å². The Morgan fingerprint density at radius 1 is 0.923 bits per heavy atom. The van der Waals surface area contributed by atoms with Gasteiger partial charge in [0, 0.05) is 37.1 Å². The molecule has 0 spiro atoms. The van der Waals surface area contributed by atoms with Crippen LogP contribution in [0.2, 0.25) is 0 Å². The zero-order valence-corrected chi connectivity index (χ0v) is 14.5. The molecule has 0 N–H and O–H groups in total. The summed E-state index contributed by atoms with van der Waals surface area (Å²) in [5.74, 6) is 0.190. The van der Waals surface area contributed by atoms with Crippen LogP contribution in [-0.4, -0.2) is 28.5 Å². The minimum absolute atomic E-state index is 0.254. The molecule has 3 aromatic rings. The van der Waals surface area contributed by atoms with Gasteiger partial charge in [-0.3, -0.25) is 0 Å². The molecule has 3 nitrogen and oxygen atoms in total. The van der Waals surface area contributed by atoms with Gasteiger partial charge in [-0.25, -0.2) is 18.7 Å². The van der Waals surface area contributed by atoms with Gasteiger partial charge in [0.05, 0.1) is 11.4 Å². The first-order valence-corrected chi connectivity index (χ1v) is 8.66. The molecule has 26 heavy (non-hydrogen) atoms. The molecule has 0 aliphatic carbocycles. The summed E-state index contributed by atoms with van der Waals surface area (Å²) in [7, 11) is 2.07. The van der Waals surface area contributed by atoms with Crippen molar-refractivity contribution in [3.63, 3.8) is 0 Å². The van der Waals surface area contributed by atoms with Crippen molar-refractivity contribution in [1.82, 2.24) is 14.9 Å². The third-order valence-corrected chi connectivity index (χ3v) is 4.69. The second kappa shape index (κ2) is 6.92. The van der Waals surface area contributed by atoms with Crippen LogP contribution in [0.15, 0.2) is 48.5 Å². The highest BCUT2D eigenvalue weighted by molar-refractivity contribution is 5.64. The van der Waals surface area contributed by atoms with Crippen molar-refractivity contribution in [2.75, 3.05) is 13.6 Å². The Bertz CT molecular complexity index is 921. The Morgan fingerprint density at radius 3 is 2.27 bits per heavy atom. The summed E-state index contributed by atoms with van der Waals surface area (Å²) in [4.78, 5) is 11.8. The smallest absolute Gasteiger partial charge is 0.133 e. The van der Waals surface area contributed by atoms with E-state index in [1.165, 1.54) is 24.3 Å². The first kappa shape index (κ1) is 16.8. The SMILES string of the molecule is CN1CCc2nc(Cc3ccc(F)cc3)nc(-c3ccc(F)cc3)c2C1. The highest BCUT2D eigenvalue weighted by Gasteiger charge is 2.21. The van der Waals surface area contributed by atoms with Crippen LogP contribution in [-0.2, 0) is 19.4 Å². The van der Waals surface area contributed by atoms with Gasteiger partial charge in [0.15, 0.2) is 0 Å². The van der Waals surface area contributed by atoms with Gasteiger partial charge < -0.3 is 4.90 Å². The molecule has 0 bridgehead atoms. The maximum absolute atomic E-state index is 13.3. The van der Waals surface area contributed by atoms with Crippen molar-refractivity contribution in [2.24, 2.45) is 0 Å². The number of hydrogen-bond donors (Lipinski definition) is 0. The predicted molar refractivity (Wildman–Crippen MR) is 96.7 cm³/mol. The van der Waals surface area contributed by atoms with E-state index in [-0.39, 0.29) is 11.6 Å². The third kappa shape index (κ3) is 3.48. The summed E-state index contributed by atoms with van der Waals surface area (Å²) in [6.07, 6.45) is 1.40. The molecule has 0 saturated heterocycles. The largest absolute Gasteiger partial charge is 0.302 e. The summed E-state index contributed by atoms with van der Waals surface area (Å²) in [5.41, 5.74) is 4.87. The summed E-state index contributed by atoms with van der Waals surface area (Å²) >= 11 is 0. The maximum atomic E-state index is 13.3. The van der Waals surface area contributed by atoms with E-state index in [2.05, 4.69) is 11.9 Å². The summed E-state index contributed by atoms with van der Waals surface area (Å²) < 4.78 is 26.5. The number of hydrogen-bond acceptors (Lipinski definition) is 3. The molecule has 0 fully saturated rings. The minimum atomic E-state index is -0.264.